The van der Waals surface area contributed by atoms with E-state index in [1.807, 2.05) is 4.52 Å². The van der Waals surface area contributed by atoms with Crippen molar-refractivity contribution in [1.29, 1.82) is 0 Å². The van der Waals surface area contributed by atoms with E-state index in [0.29, 0.717) is 22.9 Å². The molecule has 29 heavy (non-hydrogen) atoms. The zero-order valence-corrected chi connectivity index (χ0v) is 17.2. The number of aromatic nitrogens is 3. The molecule has 2 aromatic heterocycles. The molecule has 4 rings (SSSR count). The van der Waals surface area contributed by atoms with Crippen LogP contribution in [0.3, 0.4) is 0 Å². The van der Waals surface area contributed by atoms with Crippen LogP contribution in [0.25, 0.3) is 5.65 Å². The van der Waals surface area contributed by atoms with Gasteiger partial charge in [0.1, 0.15) is 17.2 Å². The molecular formula is C22H28FN5O. The van der Waals surface area contributed by atoms with E-state index < -0.39 is 0 Å². The second-order valence-corrected chi connectivity index (χ2v) is 8.85. The monoisotopic (exact) mass is 397 g/mol. The Hall–Kier alpha value is -2.83. The van der Waals surface area contributed by atoms with Gasteiger partial charge in [0.15, 0.2) is 5.65 Å². The lowest BCUT2D eigenvalue weighted by molar-refractivity contribution is 0.102. The molecule has 0 unspecified atom stereocenters. The van der Waals surface area contributed by atoms with Gasteiger partial charge in [0.2, 0.25) is 0 Å². The summed E-state index contributed by atoms with van der Waals surface area (Å²) in [4.78, 5) is 17.7. The molecule has 0 bridgehead atoms. The highest BCUT2D eigenvalue weighted by molar-refractivity contribution is 6.08. The van der Waals surface area contributed by atoms with Crippen LogP contribution in [0.4, 0.5) is 15.9 Å². The minimum absolute atomic E-state index is 0.172. The van der Waals surface area contributed by atoms with Crippen LogP contribution >= 0.6 is 0 Å². The smallest absolute Gasteiger partial charge is 0.261 e. The lowest BCUT2D eigenvalue weighted by Gasteiger charge is -2.26. The molecule has 0 spiro atoms. The van der Waals surface area contributed by atoms with Gasteiger partial charge in [-0.05, 0) is 37.1 Å². The Balaban J connectivity index is 1.67. The van der Waals surface area contributed by atoms with Crippen LogP contribution < -0.4 is 10.6 Å². The van der Waals surface area contributed by atoms with Gasteiger partial charge in [0.25, 0.3) is 5.91 Å². The normalized spacial score (nSPS) is 15.6. The molecule has 1 saturated carbocycles. The number of halogens is 1. The van der Waals surface area contributed by atoms with Crippen molar-refractivity contribution < 1.29 is 9.18 Å². The lowest BCUT2D eigenvalue weighted by Crippen LogP contribution is -2.25. The predicted octanol–water partition coefficient (Wildman–Crippen LogP) is 5.10. The zero-order chi connectivity index (χ0) is 20.6. The number of hydrogen-bond acceptors (Lipinski definition) is 3. The second kappa shape index (κ2) is 7.54. The van der Waals surface area contributed by atoms with E-state index in [-0.39, 0.29) is 17.1 Å². The fourth-order valence-electron chi connectivity index (χ4n) is 3.92. The molecule has 6 nitrogen and oxygen atoms in total. The van der Waals surface area contributed by atoms with E-state index in [2.05, 4.69) is 36.5 Å². The summed E-state index contributed by atoms with van der Waals surface area (Å²) < 4.78 is 15.0. The van der Waals surface area contributed by atoms with Crippen molar-refractivity contribution in [3.05, 3.63) is 47.5 Å². The second-order valence-electron chi connectivity index (χ2n) is 8.85. The van der Waals surface area contributed by atoms with Gasteiger partial charge in [-0.2, -0.15) is 0 Å². The third-order valence-electron chi connectivity index (χ3n) is 5.46. The number of anilines is 2. The van der Waals surface area contributed by atoms with Crippen molar-refractivity contribution >= 4 is 23.1 Å². The van der Waals surface area contributed by atoms with E-state index in [1.165, 1.54) is 31.4 Å². The Morgan fingerprint density at radius 1 is 1.17 bits per heavy atom. The first-order valence-corrected chi connectivity index (χ1v) is 10.3. The summed E-state index contributed by atoms with van der Waals surface area (Å²) in [5, 5.41) is 9.68. The number of carbonyl (C=O) groups is 1. The number of carbonyl (C=O) groups excluding carboxylic acids is 1. The molecule has 1 aliphatic rings. The van der Waals surface area contributed by atoms with E-state index in [4.69, 9.17) is 4.98 Å². The van der Waals surface area contributed by atoms with Gasteiger partial charge in [-0.25, -0.2) is 13.9 Å². The molecule has 0 atom stereocenters. The quantitative estimate of drug-likeness (QED) is 0.574. The molecule has 7 heteroatoms. The van der Waals surface area contributed by atoms with E-state index in [1.54, 1.807) is 18.3 Å². The standard InChI is InChI=1S/C22H28FN5O/c1-22(2,3)18-20(25-15-7-5-4-6-8-15)28-19(27-18)17(13-24-28)21(29)26-16-11-9-14(23)10-12-16/h9-13,15,24-25H,4-8H2,1-3H3,(H,26,29). The van der Waals surface area contributed by atoms with Gasteiger partial charge in [-0.15, -0.1) is 0 Å². The Kier molecular flexibility index (Phi) is 5.06. The largest absolute Gasteiger partial charge is 0.366 e. The van der Waals surface area contributed by atoms with Gasteiger partial charge < -0.3 is 10.6 Å². The maximum Gasteiger partial charge on any atom is 0.261 e. The van der Waals surface area contributed by atoms with Gasteiger partial charge in [0, 0.05) is 23.3 Å². The molecule has 154 valence electrons. The molecule has 2 heterocycles. The Morgan fingerprint density at radius 3 is 2.52 bits per heavy atom. The molecule has 3 N–H and O–H groups in total. The first-order chi connectivity index (χ1) is 13.8. The van der Waals surface area contributed by atoms with Crippen molar-refractivity contribution in [2.24, 2.45) is 0 Å². The Labute approximate surface area is 169 Å². The third kappa shape index (κ3) is 3.99. The molecule has 1 amide bonds. The van der Waals surface area contributed by atoms with E-state index >= 15 is 0 Å². The number of amides is 1. The fraction of sp³-hybridized carbons (Fsp3) is 0.455. The minimum atomic E-state index is -0.339. The highest BCUT2D eigenvalue weighted by Crippen LogP contribution is 2.33. The van der Waals surface area contributed by atoms with Crippen LogP contribution in [0.1, 0.15) is 68.9 Å². The zero-order valence-electron chi connectivity index (χ0n) is 17.2. The number of nitrogens with one attached hydrogen (secondary N) is 3. The Bertz CT molecular complexity index is 1010. The molecule has 0 radical (unpaired) electrons. The number of nitrogens with zero attached hydrogens (tertiary/aromatic N) is 2. The number of H-pyrrole nitrogens is 1. The predicted molar refractivity (Wildman–Crippen MR) is 113 cm³/mol. The van der Waals surface area contributed by atoms with Crippen LogP contribution in [0.2, 0.25) is 0 Å². The molecule has 1 fully saturated rings. The fourth-order valence-corrected chi connectivity index (χ4v) is 3.92. The number of imidazole rings is 1. The van der Waals surface area contributed by atoms with Crippen molar-refractivity contribution in [2.45, 2.75) is 64.3 Å². The average molecular weight is 397 g/mol. The van der Waals surface area contributed by atoms with Gasteiger partial charge in [-0.1, -0.05) is 40.0 Å². The van der Waals surface area contributed by atoms with E-state index in [0.717, 1.165) is 24.4 Å². The highest BCUT2D eigenvalue weighted by atomic mass is 19.1. The summed E-state index contributed by atoms with van der Waals surface area (Å²) in [5.41, 5.74) is 2.35. The van der Waals surface area contributed by atoms with Crippen LogP contribution in [-0.2, 0) is 5.41 Å². The van der Waals surface area contributed by atoms with Crippen LogP contribution in [-0.4, -0.2) is 26.5 Å². The average Bonchev–Trinajstić information content (AvgIpc) is 3.24. The molecule has 3 aromatic rings. The summed E-state index contributed by atoms with van der Waals surface area (Å²) in [6, 6.07) is 6.15. The number of benzene rings is 1. The topological polar surface area (TPSA) is 74.2 Å². The first kappa shape index (κ1) is 19.5. The molecule has 0 aliphatic heterocycles. The summed E-state index contributed by atoms with van der Waals surface area (Å²) >= 11 is 0. The van der Waals surface area contributed by atoms with Crippen molar-refractivity contribution in [1.82, 2.24) is 14.6 Å². The first-order valence-electron chi connectivity index (χ1n) is 10.3. The molecular weight excluding hydrogens is 369 g/mol. The van der Waals surface area contributed by atoms with Gasteiger partial charge in [-0.3, -0.25) is 9.89 Å². The van der Waals surface area contributed by atoms with Crippen LogP contribution in [0, 0.1) is 5.82 Å². The molecule has 1 aliphatic carbocycles. The van der Waals surface area contributed by atoms with Crippen molar-refractivity contribution in [3.8, 4) is 0 Å². The number of aromatic amines is 1. The molecule has 1 aromatic carbocycles. The van der Waals surface area contributed by atoms with Gasteiger partial charge in [0.05, 0.1) is 5.69 Å². The van der Waals surface area contributed by atoms with E-state index in [9.17, 15) is 9.18 Å². The number of fused-ring (bicyclic) bond motifs is 1. The third-order valence-corrected chi connectivity index (χ3v) is 5.46. The van der Waals surface area contributed by atoms with Crippen molar-refractivity contribution in [2.75, 3.05) is 10.6 Å². The number of rotatable bonds is 4. The lowest BCUT2D eigenvalue weighted by atomic mass is 9.91. The van der Waals surface area contributed by atoms with Crippen LogP contribution in [0.5, 0.6) is 0 Å². The summed E-state index contributed by atoms with van der Waals surface area (Å²) in [6.45, 7) is 6.37. The van der Waals surface area contributed by atoms with Crippen LogP contribution in [0.15, 0.2) is 30.5 Å². The Morgan fingerprint density at radius 2 is 1.86 bits per heavy atom. The maximum absolute atomic E-state index is 13.1. The maximum atomic E-state index is 13.1. The van der Waals surface area contributed by atoms with Gasteiger partial charge >= 0.3 is 0 Å². The number of hydrogen-bond donors (Lipinski definition) is 3. The minimum Gasteiger partial charge on any atom is -0.366 e. The van der Waals surface area contributed by atoms with Crippen molar-refractivity contribution in [3.63, 3.8) is 0 Å². The molecule has 0 saturated heterocycles. The SMILES string of the molecule is CC(C)(C)c1nc2c(C(=O)Nc3ccc(F)cc3)c[nH]n2c1NC1CCCCC1. The summed E-state index contributed by atoms with van der Waals surface area (Å²) in [7, 11) is 0. The highest BCUT2D eigenvalue weighted by Gasteiger charge is 2.29. The summed E-state index contributed by atoms with van der Waals surface area (Å²) in [6.07, 6.45) is 7.73. The summed E-state index contributed by atoms with van der Waals surface area (Å²) in [5.74, 6) is 0.311.